The Kier molecular flexibility index (Phi) is 1.68. The van der Waals surface area contributed by atoms with Crippen LogP contribution >= 0.6 is 0 Å². The molecule has 2 aromatic heterocycles. The van der Waals surface area contributed by atoms with E-state index in [0.717, 1.165) is 23.9 Å². The number of aryl methyl sites for hydroxylation is 1. The molecular formula is C10H11N3O2. The molecule has 1 aliphatic rings. The summed E-state index contributed by atoms with van der Waals surface area (Å²) in [6, 6.07) is 0.261. The molecule has 0 saturated heterocycles. The summed E-state index contributed by atoms with van der Waals surface area (Å²) in [6.45, 7) is 1.87. The fraction of sp³-hybridized carbons (Fsp3) is 0.500. The molecule has 0 N–H and O–H groups in total. The molecule has 1 fully saturated rings. The summed E-state index contributed by atoms with van der Waals surface area (Å²) in [5.74, 6) is 0. The number of hydrogen-bond donors (Lipinski definition) is 0. The number of aromatic nitrogens is 3. The number of rotatable bonds is 1. The van der Waals surface area contributed by atoms with Crippen LogP contribution in [-0.2, 0) is 0 Å². The fourth-order valence-corrected chi connectivity index (χ4v) is 1.90. The van der Waals surface area contributed by atoms with Gasteiger partial charge in [-0.25, -0.2) is 4.68 Å². The van der Waals surface area contributed by atoms with Crippen molar-refractivity contribution in [2.24, 2.45) is 0 Å². The van der Waals surface area contributed by atoms with Gasteiger partial charge in [-0.05, 0) is 26.2 Å². The lowest BCUT2D eigenvalue weighted by Crippen LogP contribution is -2.31. The maximum Gasteiger partial charge on any atom is 0.297 e. The summed E-state index contributed by atoms with van der Waals surface area (Å²) in [4.78, 5) is 12.0. The first-order valence-electron chi connectivity index (χ1n) is 5.11. The molecular weight excluding hydrogens is 194 g/mol. The second kappa shape index (κ2) is 2.92. The van der Waals surface area contributed by atoms with Crippen molar-refractivity contribution in [3.05, 3.63) is 22.3 Å². The molecule has 0 radical (unpaired) electrons. The average molecular weight is 205 g/mol. The molecule has 5 nitrogen and oxygen atoms in total. The maximum atomic E-state index is 12.0. The highest BCUT2D eigenvalue weighted by atomic mass is 16.5. The van der Waals surface area contributed by atoms with Crippen LogP contribution in [0.3, 0.4) is 0 Å². The Labute approximate surface area is 85.7 Å². The number of fused-ring (bicyclic) bond motifs is 1. The molecule has 1 aliphatic carbocycles. The van der Waals surface area contributed by atoms with Gasteiger partial charge >= 0.3 is 0 Å². The monoisotopic (exact) mass is 205 g/mol. The molecule has 2 aromatic rings. The van der Waals surface area contributed by atoms with E-state index >= 15 is 0 Å². The third-order valence-corrected chi connectivity index (χ3v) is 3.05. The van der Waals surface area contributed by atoms with E-state index < -0.39 is 0 Å². The van der Waals surface area contributed by atoms with Crippen LogP contribution in [0.15, 0.2) is 15.6 Å². The van der Waals surface area contributed by atoms with E-state index in [0.29, 0.717) is 5.52 Å². The molecule has 5 heteroatoms. The van der Waals surface area contributed by atoms with Gasteiger partial charge in [-0.2, -0.15) is 5.10 Å². The zero-order valence-electron chi connectivity index (χ0n) is 8.43. The van der Waals surface area contributed by atoms with Crippen molar-refractivity contribution in [2.45, 2.75) is 32.2 Å². The van der Waals surface area contributed by atoms with E-state index in [1.165, 1.54) is 12.7 Å². The molecule has 0 spiro atoms. The van der Waals surface area contributed by atoms with Crippen LogP contribution in [0.1, 0.15) is 31.0 Å². The van der Waals surface area contributed by atoms with Crippen LogP contribution < -0.4 is 5.56 Å². The first kappa shape index (κ1) is 8.64. The number of nitrogens with zero attached hydrogens (tertiary/aromatic N) is 3. The van der Waals surface area contributed by atoms with Gasteiger partial charge < -0.3 is 4.52 Å². The lowest BCUT2D eigenvalue weighted by molar-refractivity contribution is 0.278. The summed E-state index contributed by atoms with van der Waals surface area (Å²) in [5.41, 5.74) is 1.07. The Morgan fingerprint density at radius 3 is 3.00 bits per heavy atom. The number of hydrogen-bond acceptors (Lipinski definition) is 4. The topological polar surface area (TPSA) is 60.9 Å². The Balaban J connectivity index is 2.30. The van der Waals surface area contributed by atoms with Crippen molar-refractivity contribution < 1.29 is 4.52 Å². The minimum Gasteiger partial charge on any atom is -0.363 e. The summed E-state index contributed by atoms with van der Waals surface area (Å²) >= 11 is 0. The van der Waals surface area contributed by atoms with Crippen LogP contribution in [0.2, 0.25) is 0 Å². The minimum atomic E-state index is -0.131. The predicted molar refractivity (Wildman–Crippen MR) is 53.7 cm³/mol. The zero-order valence-corrected chi connectivity index (χ0v) is 8.43. The molecule has 78 valence electrons. The van der Waals surface area contributed by atoms with E-state index in [-0.39, 0.29) is 11.6 Å². The van der Waals surface area contributed by atoms with Gasteiger partial charge in [0.15, 0.2) is 5.52 Å². The lowest BCUT2D eigenvalue weighted by atomic mass is 9.93. The predicted octanol–water partition coefficient (Wildman–Crippen LogP) is 1.42. The van der Waals surface area contributed by atoms with Gasteiger partial charge in [0.25, 0.3) is 5.56 Å². The van der Waals surface area contributed by atoms with Gasteiger partial charge in [-0.3, -0.25) is 4.79 Å². The molecule has 0 amide bonds. The Morgan fingerprint density at radius 2 is 2.33 bits per heavy atom. The second-order valence-corrected chi connectivity index (χ2v) is 4.00. The maximum absolute atomic E-state index is 12.0. The summed E-state index contributed by atoms with van der Waals surface area (Å²) in [6.07, 6.45) is 4.73. The second-order valence-electron chi connectivity index (χ2n) is 4.00. The molecule has 1 saturated carbocycles. The Hall–Kier alpha value is -1.65. The minimum absolute atomic E-state index is 0.131. The van der Waals surface area contributed by atoms with Gasteiger partial charge in [-0.1, -0.05) is 5.16 Å². The van der Waals surface area contributed by atoms with Gasteiger partial charge in [0.05, 0.1) is 17.1 Å². The van der Waals surface area contributed by atoms with E-state index in [1.807, 2.05) is 6.92 Å². The first-order chi connectivity index (χ1) is 7.27. The van der Waals surface area contributed by atoms with E-state index in [9.17, 15) is 4.79 Å². The van der Waals surface area contributed by atoms with Crippen molar-refractivity contribution in [2.75, 3.05) is 0 Å². The Morgan fingerprint density at radius 1 is 1.53 bits per heavy atom. The van der Waals surface area contributed by atoms with Crippen molar-refractivity contribution in [3.8, 4) is 0 Å². The molecule has 0 aliphatic heterocycles. The lowest BCUT2D eigenvalue weighted by Gasteiger charge is -2.26. The molecule has 2 heterocycles. The van der Waals surface area contributed by atoms with Crippen molar-refractivity contribution >= 4 is 10.9 Å². The van der Waals surface area contributed by atoms with Crippen LogP contribution in [0.4, 0.5) is 0 Å². The van der Waals surface area contributed by atoms with Crippen molar-refractivity contribution in [3.63, 3.8) is 0 Å². The van der Waals surface area contributed by atoms with Crippen LogP contribution in [0, 0.1) is 6.92 Å². The van der Waals surface area contributed by atoms with E-state index in [4.69, 9.17) is 4.52 Å². The average Bonchev–Trinajstić information content (AvgIpc) is 2.59. The summed E-state index contributed by atoms with van der Waals surface area (Å²) in [7, 11) is 0. The van der Waals surface area contributed by atoms with Crippen LogP contribution in [-0.4, -0.2) is 14.9 Å². The molecule has 0 atom stereocenters. The molecule has 0 bridgehead atoms. The van der Waals surface area contributed by atoms with Crippen LogP contribution in [0.5, 0.6) is 0 Å². The van der Waals surface area contributed by atoms with Gasteiger partial charge in [0.1, 0.15) is 6.26 Å². The highest BCUT2D eigenvalue weighted by molar-refractivity contribution is 5.78. The summed E-state index contributed by atoms with van der Waals surface area (Å²) < 4.78 is 6.37. The van der Waals surface area contributed by atoms with E-state index in [2.05, 4.69) is 10.3 Å². The summed E-state index contributed by atoms with van der Waals surface area (Å²) in [5, 5.41) is 8.75. The molecule has 0 aromatic carbocycles. The van der Waals surface area contributed by atoms with E-state index in [1.54, 1.807) is 4.68 Å². The fourth-order valence-electron chi connectivity index (χ4n) is 1.90. The van der Waals surface area contributed by atoms with Crippen LogP contribution in [0.25, 0.3) is 10.9 Å². The third kappa shape index (κ3) is 1.12. The standard InChI is InChI=1S/C10H11N3O2/c1-6-8-5-15-12-9(8)10(14)13(11-6)7-3-2-4-7/h5,7H,2-4H2,1H3. The highest BCUT2D eigenvalue weighted by Crippen LogP contribution is 2.29. The van der Waals surface area contributed by atoms with Gasteiger partial charge in [0, 0.05) is 0 Å². The highest BCUT2D eigenvalue weighted by Gasteiger charge is 2.23. The Bertz CT molecular complexity index is 566. The third-order valence-electron chi connectivity index (χ3n) is 3.05. The van der Waals surface area contributed by atoms with Crippen molar-refractivity contribution in [1.29, 1.82) is 0 Å². The molecule has 3 rings (SSSR count). The smallest absolute Gasteiger partial charge is 0.297 e. The molecule has 0 unspecified atom stereocenters. The van der Waals surface area contributed by atoms with Gasteiger partial charge in [0.2, 0.25) is 0 Å². The van der Waals surface area contributed by atoms with Crippen molar-refractivity contribution in [1.82, 2.24) is 14.9 Å². The first-order valence-corrected chi connectivity index (χ1v) is 5.11. The quantitative estimate of drug-likeness (QED) is 0.706. The SMILES string of the molecule is Cc1nn(C2CCC2)c(=O)c2nocc12. The van der Waals surface area contributed by atoms with Gasteiger partial charge in [-0.15, -0.1) is 0 Å². The normalized spacial score (nSPS) is 16.9. The molecule has 15 heavy (non-hydrogen) atoms. The zero-order chi connectivity index (χ0) is 10.4. The largest absolute Gasteiger partial charge is 0.363 e.